The van der Waals surface area contributed by atoms with Crippen LogP contribution in [-0.4, -0.2) is 70.7 Å². The Kier molecular flexibility index (Phi) is 40.5. The molecule has 8 nitrogen and oxygen atoms in total. The molecule has 0 heterocycles. The zero-order valence-corrected chi connectivity index (χ0v) is 38.9. The highest BCUT2D eigenvalue weighted by molar-refractivity contribution is 7.45. The highest BCUT2D eigenvalue weighted by Crippen LogP contribution is 2.38. The van der Waals surface area contributed by atoms with E-state index < -0.39 is 13.9 Å². The number of unbranched alkanes of at least 4 members (excludes halogenated alkanes) is 24. The molecular formula is C48H92NO7P. The first-order chi connectivity index (χ1) is 27.6. The van der Waals surface area contributed by atoms with Crippen LogP contribution in [0.25, 0.3) is 0 Å². The van der Waals surface area contributed by atoms with Gasteiger partial charge in [-0.15, -0.1) is 0 Å². The van der Waals surface area contributed by atoms with Crippen molar-refractivity contribution in [2.24, 2.45) is 0 Å². The SMILES string of the molecule is CCCCC/C=C\C/C=C\CCCCCCCCCCCCOCC(COP(=O)([O-])OCC[N+](C)(C)C)OC(=O)CCCCCCC/C=C\CCCCCCCC. The molecule has 0 rings (SSSR count). The van der Waals surface area contributed by atoms with Gasteiger partial charge >= 0.3 is 5.97 Å². The molecule has 57 heavy (non-hydrogen) atoms. The molecule has 0 spiro atoms. The van der Waals surface area contributed by atoms with Crippen molar-refractivity contribution < 1.29 is 37.3 Å². The zero-order chi connectivity index (χ0) is 42.0. The zero-order valence-electron chi connectivity index (χ0n) is 38.0. The van der Waals surface area contributed by atoms with E-state index in [4.69, 9.17) is 18.5 Å². The number of hydrogen-bond donors (Lipinski definition) is 0. The third kappa shape index (κ3) is 45.7. The number of phosphoric acid groups is 1. The predicted molar refractivity (Wildman–Crippen MR) is 240 cm³/mol. The van der Waals surface area contributed by atoms with Crippen LogP contribution in [0.15, 0.2) is 36.5 Å². The van der Waals surface area contributed by atoms with Gasteiger partial charge in [-0.3, -0.25) is 9.36 Å². The molecule has 0 aromatic rings. The van der Waals surface area contributed by atoms with Crippen LogP contribution in [0.2, 0.25) is 0 Å². The molecule has 0 aromatic heterocycles. The van der Waals surface area contributed by atoms with Crippen LogP contribution in [0.1, 0.15) is 206 Å². The van der Waals surface area contributed by atoms with Crippen LogP contribution in [0, 0.1) is 0 Å². The Morgan fingerprint density at radius 3 is 1.47 bits per heavy atom. The van der Waals surface area contributed by atoms with E-state index in [2.05, 4.69) is 50.3 Å². The second-order valence-corrected chi connectivity index (χ2v) is 18.5. The van der Waals surface area contributed by atoms with Crippen LogP contribution >= 0.6 is 7.82 Å². The molecule has 0 aliphatic carbocycles. The molecule has 2 atom stereocenters. The van der Waals surface area contributed by atoms with Crippen LogP contribution in [0.4, 0.5) is 0 Å². The fourth-order valence-electron chi connectivity index (χ4n) is 6.45. The lowest BCUT2D eigenvalue weighted by Crippen LogP contribution is -2.37. The van der Waals surface area contributed by atoms with E-state index in [9.17, 15) is 14.3 Å². The predicted octanol–water partition coefficient (Wildman–Crippen LogP) is 13.5. The summed E-state index contributed by atoms with van der Waals surface area (Å²) in [6, 6.07) is 0. The molecule has 0 amide bonds. The highest BCUT2D eigenvalue weighted by atomic mass is 31.2. The first-order valence-electron chi connectivity index (χ1n) is 23.7. The summed E-state index contributed by atoms with van der Waals surface area (Å²) in [4.78, 5) is 25.1. The maximum Gasteiger partial charge on any atom is 0.306 e. The lowest BCUT2D eigenvalue weighted by molar-refractivity contribution is -0.870. The number of phosphoric ester groups is 1. The summed E-state index contributed by atoms with van der Waals surface area (Å²) < 4.78 is 34.6. The number of rotatable bonds is 44. The number of esters is 1. The Balaban J connectivity index is 4.18. The lowest BCUT2D eigenvalue weighted by Gasteiger charge is -2.28. The minimum Gasteiger partial charge on any atom is -0.756 e. The molecule has 0 aliphatic heterocycles. The molecule has 0 aliphatic rings. The lowest BCUT2D eigenvalue weighted by atomic mass is 10.1. The largest absolute Gasteiger partial charge is 0.756 e. The second-order valence-electron chi connectivity index (χ2n) is 17.1. The molecule has 0 radical (unpaired) electrons. The second kappa shape index (κ2) is 41.5. The summed E-state index contributed by atoms with van der Waals surface area (Å²) >= 11 is 0. The van der Waals surface area contributed by atoms with Crippen molar-refractivity contribution in [2.45, 2.75) is 213 Å². The van der Waals surface area contributed by atoms with Crippen LogP contribution < -0.4 is 4.89 Å². The summed E-state index contributed by atoms with van der Waals surface area (Å²) in [7, 11) is 1.35. The van der Waals surface area contributed by atoms with Gasteiger partial charge in [0.05, 0.1) is 34.4 Å². The smallest absolute Gasteiger partial charge is 0.306 e. The van der Waals surface area contributed by atoms with Gasteiger partial charge in [0, 0.05) is 13.0 Å². The van der Waals surface area contributed by atoms with E-state index in [1.54, 1.807) is 0 Å². The van der Waals surface area contributed by atoms with Crippen molar-refractivity contribution in [1.29, 1.82) is 0 Å². The Bertz CT molecular complexity index is 1010. The number of likely N-dealkylation sites (N-methyl/N-ethyl adjacent to an activating group) is 1. The fourth-order valence-corrected chi connectivity index (χ4v) is 7.18. The number of ether oxygens (including phenoxy) is 2. The highest BCUT2D eigenvalue weighted by Gasteiger charge is 2.20. The number of allylic oxidation sites excluding steroid dienone is 6. The minimum absolute atomic E-state index is 0.0241. The first kappa shape index (κ1) is 55.7. The third-order valence-electron chi connectivity index (χ3n) is 10.2. The molecule has 0 bridgehead atoms. The summed E-state index contributed by atoms with van der Waals surface area (Å²) in [5, 5.41) is 0. The molecule has 0 saturated heterocycles. The van der Waals surface area contributed by atoms with E-state index in [1.807, 2.05) is 21.1 Å². The molecule has 336 valence electrons. The van der Waals surface area contributed by atoms with Crippen LogP contribution in [0.5, 0.6) is 0 Å². The van der Waals surface area contributed by atoms with Gasteiger partial charge in [-0.05, 0) is 70.6 Å². The number of hydrogen-bond acceptors (Lipinski definition) is 7. The van der Waals surface area contributed by atoms with Crippen molar-refractivity contribution in [3.05, 3.63) is 36.5 Å². The minimum atomic E-state index is -4.53. The first-order valence-corrected chi connectivity index (χ1v) is 25.2. The quantitative estimate of drug-likeness (QED) is 0.0198. The Labute approximate surface area is 353 Å². The van der Waals surface area contributed by atoms with Crippen LogP contribution in [0.3, 0.4) is 0 Å². The number of carbonyl (C=O) groups excluding carboxylic acids is 1. The molecule has 0 fully saturated rings. The van der Waals surface area contributed by atoms with Crippen molar-refractivity contribution in [2.75, 3.05) is 54.1 Å². The van der Waals surface area contributed by atoms with Gasteiger partial charge in [-0.2, -0.15) is 0 Å². The third-order valence-corrected chi connectivity index (χ3v) is 11.1. The summed E-state index contributed by atoms with van der Waals surface area (Å²) in [5.41, 5.74) is 0. The molecular weight excluding hydrogens is 734 g/mol. The van der Waals surface area contributed by atoms with E-state index in [1.165, 1.54) is 135 Å². The maximum absolute atomic E-state index is 12.7. The fraction of sp³-hybridized carbons (Fsp3) is 0.854. The van der Waals surface area contributed by atoms with E-state index in [0.29, 0.717) is 24.1 Å². The molecule has 0 aromatic carbocycles. The van der Waals surface area contributed by atoms with Crippen molar-refractivity contribution in [3.8, 4) is 0 Å². The van der Waals surface area contributed by atoms with E-state index >= 15 is 0 Å². The molecule has 0 N–H and O–H groups in total. The monoisotopic (exact) mass is 826 g/mol. The average molecular weight is 826 g/mol. The number of nitrogens with zero attached hydrogens (tertiary/aromatic N) is 1. The summed E-state index contributed by atoms with van der Waals surface area (Å²) in [6.45, 7) is 5.38. The standard InChI is InChI=1S/C48H92NO7P/c1-6-8-10-12-14-16-18-20-22-23-24-25-26-28-30-32-34-36-38-40-43-53-45-47(46-55-57(51,52)54-44-42-49(3,4)5)56-48(50)41-39-37-35-33-31-29-27-21-19-17-15-13-11-9-7-2/h14,16,20-22,27,47H,6-13,15,17-19,23-26,28-46H2,1-5H3/b16-14-,22-20-,27-21-. The van der Waals surface area contributed by atoms with Crippen molar-refractivity contribution in [3.63, 3.8) is 0 Å². The van der Waals surface area contributed by atoms with E-state index in [-0.39, 0.29) is 25.8 Å². The van der Waals surface area contributed by atoms with Gasteiger partial charge in [0.1, 0.15) is 19.3 Å². The van der Waals surface area contributed by atoms with Crippen molar-refractivity contribution in [1.82, 2.24) is 0 Å². The molecule has 0 saturated carbocycles. The average Bonchev–Trinajstić information content (AvgIpc) is 3.16. The van der Waals surface area contributed by atoms with E-state index in [0.717, 1.165) is 51.4 Å². The van der Waals surface area contributed by atoms with Crippen molar-refractivity contribution >= 4 is 13.8 Å². The van der Waals surface area contributed by atoms with Gasteiger partial charge in [-0.1, -0.05) is 166 Å². The number of quaternary nitrogens is 1. The van der Waals surface area contributed by atoms with Gasteiger partial charge < -0.3 is 27.9 Å². The summed E-state index contributed by atoms with van der Waals surface area (Å²) in [6.07, 6.45) is 48.7. The normalized spacial score (nSPS) is 14.0. The van der Waals surface area contributed by atoms with Gasteiger partial charge in [-0.25, -0.2) is 0 Å². The summed E-state index contributed by atoms with van der Waals surface area (Å²) in [5.74, 6) is -0.343. The maximum atomic E-state index is 12.7. The van der Waals surface area contributed by atoms with Crippen LogP contribution in [-0.2, 0) is 27.9 Å². The Morgan fingerprint density at radius 1 is 0.544 bits per heavy atom. The number of carbonyl (C=O) groups is 1. The van der Waals surface area contributed by atoms with Gasteiger partial charge in [0.15, 0.2) is 0 Å². The van der Waals surface area contributed by atoms with Gasteiger partial charge in [0.2, 0.25) is 0 Å². The Hall–Kier alpha value is -1.28. The molecule has 2 unspecified atom stereocenters. The van der Waals surface area contributed by atoms with Gasteiger partial charge in [0.25, 0.3) is 7.82 Å². The Morgan fingerprint density at radius 2 is 0.965 bits per heavy atom. The topological polar surface area (TPSA) is 94.1 Å². The molecule has 9 heteroatoms.